The Morgan fingerprint density at radius 1 is 1.38 bits per heavy atom. The smallest absolute Gasteiger partial charge is 0.255 e. The van der Waals surface area contributed by atoms with Crippen LogP contribution in [0.5, 0.6) is 0 Å². The summed E-state index contributed by atoms with van der Waals surface area (Å²) in [7, 11) is 0. The van der Waals surface area contributed by atoms with Crippen LogP contribution in [-0.2, 0) is 4.74 Å². The van der Waals surface area contributed by atoms with Crippen molar-refractivity contribution in [2.24, 2.45) is 0 Å². The van der Waals surface area contributed by atoms with Crippen molar-refractivity contribution in [3.8, 4) is 0 Å². The predicted octanol–water partition coefficient (Wildman–Crippen LogP) is 2.12. The summed E-state index contributed by atoms with van der Waals surface area (Å²) >= 11 is 6.06. The Balaban J connectivity index is 2.19. The van der Waals surface area contributed by atoms with Gasteiger partial charge in [-0.25, -0.2) is 0 Å². The molecule has 16 heavy (non-hydrogen) atoms. The minimum absolute atomic E-state index is 0.00620. The first-order valence-corrected chi connectivity index (χ1v) is 5.69. The zero-order valence-electron chi connectivity index (χ0n) is 9.20. The van der Waals surface area contributed by atoms with Gasteiger partial charge in [-0.15, -0.1) is 0 Å². The molecule has 1 fully saturated rings. The van der Waals surface area contributed by atoms with Crippen LogP contribution < -0.4 is 0 Å². The van der Waals surface area contributed by atoms with Gasteiger partial charge in [0.25, 0.3) is 5.91 Å². The molecule has 0 unspecified atom stereocenters. The minimum Gasteiger partial charge on any atom is -0.378 e. The molecule has 1 aromatic carbocycles. The zero-order chi connectivity index (χ0) is 11.5. The minimum atomic E-state index is -0.00620. The Labute approximate surface area is 100.0 Å². The van der Waals surface area contributed by atoms with Gasteiger partial charge >= 0.3 is 0 Å². The van der Waals surface area contributed by atoms with Crippen LogP contribution >= 0.6 is 11.6 Å². The second-order valence-corrected chi connectivity index (χ2v) is 4.30. The molecule has 2 rings (SSSR count). The third-order valence-corrected chi connectivity index (χ3v) is 2.97. The van der Waals surface area contributed by atoms with Crippen molar-refractivity contribution in [2.45, 2.75) is 6.92 Å². The number of carbonyl (C=O) groups excluding carboxylic acids is 1. The molecule has 0 aromatic heterocycles. The fourth-order valence-corrected chi connectivity index (χ4v) is 2.05. The van der Waals surface area contributed by atoms with E-state index in [1.165, 1.54) is 0 Å². The quantitative estimate of drug-likeness (QED) is 0.751. The van der Waals surface area contributed by atoms with Crippen molar-refractivity contribution in [3.63, 3.8) is 0 Å². The van der Waals surface area contributed by atoms with Crippen molar-refractivity contribution < 1.29 is 9.53 Å². The number of ether oxygens (including phenoxy) is 1. The highest BCUT2D eigenvalue weighted by Crippen LogP contribution is 2.19. The maximum atomic E-state index is 12.1. The van der Waals surface area contributed by atoms with E-state index in [1.54, 1.807) is 11.0 Å². The largest absolute Gasteiger partial charge is 0.378 e. The maximum absolute atomic E-state index is 12.1. The molecule has 4 heteroatoms. The van der Waals surface area contributed by atoms with Gasteiger partial charge in [-0.2, -0.15) is 0 Å². The molecule has 86 valence electrons. The Kier molecular flexibility index (Phi) is 3.46. The second-order valence-electron chi connectivity index (χ2n) is 3.89. The summed E-state index contributed by atoms with van der Waals surface area (Å²) in [6.07, 6.45) is 0. The van der Waals surface area contributed by atoms with Gasteiger partial charge in [0.15, 0.2) is 0 Å². The number of rotatable bonds is 1. The molecule has 0 N–H and O–H groups in total. The molecule has 0 saturated carbocycles. The number of aryl methyl sites for hydroxylation is 1. The number of benzene rings is 1. The van der Waals surface area contributed by atoms with E-state index in [1.807, 2.05) is 19.1 Å². The van der Waals surface area contributed by atoms with Crippen LogP contribution in [0.25, 0.3) is 0 Å². The molecule has 0 aliphatic carbocycles. The number of morpholine rings is 1. The van der Waals surface area contributed by atoms with Gasteiger partial charge in [-0.1, -0.05) is 17.7 Å². The lowest BCUT2D eigenvalue weighted by molar-refractivity contribution is 0.0303. The first-order chi connectivity index (χ1) is 7.68. The molecular formula is C12H14ClNO2. The van der Waals surface area contributed by atoms with Gasteiger partial charge in [0.2, 0.25) is 0 Å². The fourth-order valence-electron chi connectivity index (χ4n) is 1.73. The normalized spacial score (nSPS) is 16.2. The molecule has 1 heterocycles. The monoisotopic (exact) mass is 239 g/mol. The van der Waals surface area contributed by atoms with Gasteiger partial charge in [0.1, 0.15) is 0 Å². The average molecular weight is 240 g/mol. The molecule has 0 radical (unpaired) electrons. The number of carbonyl (C=O) groups is 1. The van der Waals surface area contributed by atoms with Crippen molar-refractivity contribution in [1.82, 2.24) is 4.90 Å². The van der Waals surface area contributed by atoms with Gasteiger partial charge in [0.05, 0.1) is 23.8 Å². The van der Waals surface area contributed by atoms with E-state index in [2.05, 4.69) is 0 Å². The highest BCUT2D eigenvalue weighted by atomic mass is 35.5. The Morgan fingerprint density at radius 3 is 2.69 bits per heavy atom. The topological polar surface area (TPSA) is 29.5 Å². The number of halogens is 1. The Morgan fingerprint density at radius 2 is 2.06 bits per heavy atom. The predicted molar refractivity (Wildman–Crippen MR) is 62.9 cm³/mol. The van der Waals surface area contributed by atoms with Crippen LogP contribution in [0, 0.1) is 6.92 Å². The number of hydrogen-bond acceptors (Lipinski definition) is 2. The van der Waals surface area contributed by atoms with Crippen LogP contribution in [-0.4, -0.2) is 37.1 Å². The van der Waals surface area contributed by atoms with Crippen LogP contribution in [0.2, 0.25) is 5.02 Å². The lowest BCUT2D eigenvalue weighted by atomic mass is 10.1. The van der Waals surface area contributed by atoms with E-state index in [4.69, 9.17) is 16.3 Å². The average Bonchev–Trinajstić information content (AvgIpc) is 2.29. The molecular weight excluding hydrogens is 226 g/mol. The van der Waals surface area contributed by atoms with Crippen molar-refractivity contribution in [2.75, 3.05) is 26.3 Å². The summed E-state index contributed by atoms with van der Waals surface area (Å²) in [5.74, 6) is -0.00620. The van der Waals surface area contributed by atoms with Crippen molar-refractivity contribution >= 4 is 17.5 Å². The molecule has 1 aliphatic rings. The van der Waals surface area contributed by atoms with Crippen LogP contribution in [0.15, 0.2) is 18.2 Å². The number of amides is 1. The molecule has 1 aromatic rings. The first-order valence-electron chi connectivity index (χ1n) is 5.31. The lowest BCUT2D eigenvalue weighted by Gasteiger charge is -2.27. The lowest BCUT2D eigenvalue weighted by Crippen LogP contribution is -2.40. The van der Waals surface area contributed by atoms with Gasteiger partial charge < -0.3 is 9.64 Å². The second kappa shape index (κ2) is 4.85. The highest BCUT2D eigenvalue weighted by molar-refractivity contribution is 6.33. The summed E-state index contributed by atoms with van der Waals surface area (Å²) in [5, 5.41) is 0.525. The molecule has 0 bridgehead atoms. The van der Waals surface area contributed by atoms with E-state index in [9.17, 15) is 4.79 Å². The molecule has 3 nitrogen and oxygen atoms in total. The summed E-state index contributed by atoms with van der Waals surface area (Å²) in [5.41, 5.74) is 1.64. The summed E-state index contributed by atoms with van der Waals surface area (Å²) in [6.45, 7) is 4.45. The highest BCUT2D eigenvalue weighted by Gasteiger charge is 2.20. The Hall–Kier alpha value is -1.06. The number of hydrogen-bond donors (Lipinski definition) is 0. The van der Waals surface area contributed by atoms with Gasteiger partial charge in [-0.3, -0.25) is 4.79 Å². The van der Waals surface area contributed by atoms with Crippen LogP contribution in [0.4, 0.5) is 0 Å². The summed E-state index contributed by atoms with van der Waals surface area (Å²) in [4.78, 5) is 13.9. The van der Waals surface area contributed by atoms with E-state index < -0.39 is 0 Å². The molecule has 0 atom stereocenters. The standard InChI is InChI=1S/C12H14ClNO2/c1-9-2-3-10(11(13)8-9)12(15)14-4-6-16-7-5-14/h2-3,8H,4-7H2,1H3. The van der Waals surface area contributed by atoms with E-state index in [0.717, 1.165) is 5.56 Å². The third-order valence-electron chi connectivity index (χ3n) is 2.65. The van der Waals surface area contributed by atoms with Crippen molar-refractivity contribution in [1.29, 1.82) is 0 Å². The van der Waals surface area contributed by atoms with Gasteiger partial charge in [-0.05, 0) is 24.6 Å². The molecule has 1 saturated heterocycles. The fraction of sp³-hybridized carbons (Fsp3) is 0.417. The third kappa shape index (κ3) is 2.36. The zero-order valence-corrected chi connectivity index (χ0v) is 9.96. The van der Waals surface area contributed by atoms with Gasteiger partial charge in [0, 0.05) is 13.1 Å². The molecule has 0 spiro atoms. The maximum Gasteiger partial charge on any atom is 0.255 e. The van der Waals surface area contributed by atoms with Crippen LogP contribution in [0.1, 0.15) is 15.9 Å². The Bertz CT molecular complexity index is 400. The summed E-state index contributed by atoms with van der Waals surface area (Å²) in [6, 6.07) is 5.50. The summed E-state index contributed by atoms with van der Waals surface area (Å²) < 4.78 is 5.21. The van der Waals surface area contributed by atoms with E-state index in [-0.39, 0.29) is 5.91 Å². The first kappa shape index (κ1) is 11.4. The molecule has 1 aliphatic heterocycles. The van der Waals surface area contributed by atoms with Crippen molar-refractivity contribution in [3.05, 3.63) is 34.3 Å². The number of nitrogens with zero attached hydrogens (tertiary/aromatic N) is 1. The van der Waals surface area contributed by atoms with E-state index >= 15 is 0 Å². The van der Waals surface area contributed by atoms with E-state index in [0.29, 0.717) is 36.9 Å². The molecule has 1 amide bonds. The SMILES string of the molecule is Cc1ccc(C(=O)N2CCOCC2)c(Cl)c1. The van der Waals surface area contributed by atoms with Crippen LogP contribution in [0.3, 0.4) is 0 Å².